The number of methoxy groups -OCH3 is 1. The molecule has 0 unspecified atom stereocenters. The number of hydrogen-bond donors (Lipinski definition) is 3. The molecular weight excluding hydrogens is 487 g/mol. The van der Waals surface area contributed by atoms with Crippen LogP contribution in [0.15, 0.2) is 52.4 Å². The lowest BCUT2D eigenvalue weighted by molar-refractivity contribution is 0.385. The van der Waals surface area contributed by atoms with Gasteiger partial charge in [-0.15, -0.1) is 0 Å². The first-order chi connectivity index (χ1) is 16.2. The maximum atomic E-state index is 15.4. The first-order valence-corrected chi connectivity index (χ1v) is 11.7. The topological polar surface area (TPSA) is 139 Å². The third-order valence-electron chi connectivity index (χ3n) is 4.73. The lowest BCUT2D eigenvalue weighted by atomic mass is 10.0. The van der Waals surface area contributed by atoms with Crippen LogP contribution in [0.4, 0.5) is 16.0 Å². The Labute approximate surface area is 198 Å². The maximum Gasteiger partial charge on any atom is 0.267 e. The number of nitrogens with one attached hydrogen (secondary N) is 3. The highest BCUT2D eigenvalue weighted by Crippen LogP contribution is 2.31. The van der Waals surface area contributed by atoms with Gasteiger partial charge in [-0.1, -0.05) is 23.7 Å². The Morgan fingerprint density at radius 3 is 2.71 bits per heavy atom. The van der Waals surface area contributed by atoms with E-state index < -0.39 is 21.4 Å². The second-order valence-electron chi connectivity index (χ2n) is 6.97. The van der Waals surface area contributed by atoms with E-state index in [1.165, 1.54) is 43.8 Å². The van der Waals surface area contributed by atoms with Gasteiger partial charge in [0.15, 0.2) is 10.7 Å². The number of rotatable bonds is 7. The van der Waals surface area contributed by atoms with E-state index in [2.05, 4.69) is 30.0 Å². The minimum Gasteiger partial charge on any atom is -0.480 e. The van der Waals surface area contributed by atoms with Crippen LogP contribution in [0.5, 0.6) is 5.88 Å². The maximum absolute atomic E-state index is 15.4. The molecule has 0 saturated heterocycles. The van der Waals surface area contributed by atoms with E-state index in [9.17, 15) is 13.2 Å². The van der Waals surface area contributed by atoms with Crippen LogP contribution in [0.25, 0.3) is 22.2 Å². The van der Waals surface area contributed by atoms with Gasteiger partial charge in [-0.05, 0) is 25.1 Å². The van der Waals surface area contributed by atoms with Crippen LogP contribution < -0.4 is 20.3 Å². The van der Waals surface area contributed by atoms with Crippen molar-refractivity contribution in [1.82, 2.24) is 19.9 Å². The predicted molar refractivity (Wildman–Crippen MR) is 126 cm³/mol. The monoisotopic (exact) mass is 504 g/mol. The molecule has 0 bridgehead atoms. The summed E-state index contributed by atoms with van der Waals surface area (Å²) >= 11 is 5.88. The summed E-state index contributed by atoms with van der Waals surface area (Å²) < 4.78 is 48.4. The molecule has 4 rings (SSSR count). The molecule has 0 saturated carbocycles. The Kier molecular flexibility index (Phi) is 6.35. The summed E-state index contributed by atoms with van der Waals surface area (Å²) in [5, 5.41) is 3.46. The van der Waals surface area contributed by atoms with Crippen molar-refractivity contribution in [3.63, 3.8) is 0 Å². The molecule has 0 radical (unpaired) electrons. The number of ether oxygens (including phenoxy) is 1. The molecule has 0 fully saturated rings. The molecule has 1 aromatic carbocycles. The zero-order chi connectivity index (χ0) is 24.5. The van der Waals surface area contributed by atoms with Gasteiger partial charge in [0.05, 0.1) is 23.4 Å². The molecule has 0 aliphatic rings. The zero-order valence-corrected chi connectivity index (χ0v) is 19.5. The third kappa shape index (κ3) is 4.50. The number of pyridine rings is 2. The molecular formula is C21H18ClFN6O4S. The number of H-pyrrole nitrogens is 1. The lowest BCUT2D eigenvalue weighted by Crippen LogP contribution is -2.16. The standard InChI is InChI=1S/C21H18ClFN6O4S/c1-3-24-21-26-9-11-7-14(19(30)27-18(11)28-21)13-5-4-6-15(17(13)23)29-34(31,32)16-8-12(22)10-25-20(16)33-2/h4-10,29H,3H2,1-2H3,(H2,24,26,27,28,30). The van der Waals surface area contributed by atoms with Crippen molar-refractivity contribution in [2.45, 2.75) is 11.8 Å². The number of nitrogens with zero attached hydrogens (tertiary/aromatic N) is 3. The Morgan fingerprint density at radius 1 is 1.18 bits per heavy atom. The van der Waals surface area contributed by atoms with Gasteiger partial charge in [-0.2, -0.15) is 4.98 Å². The fourth-order valence-corrected chi connectivity index (χ4v) is 4.64. The molecule has 0 amide bonds. The number of hydrogen-bond acceptors (Lipinski definition) is 8. The van der Waals surface area contributed by atoms with Crippen molar-refractivity contribution in [2.75, 3.05) is 23.7 Å². The number of fused-ring (bicyclic) bond motifs is 1. The Hall–Kier alpha value is -3.77. The van der Waals surface area contributed by atoms with Gasteiger partial charge in [0.2, 0.25) is 11.8 Å². The van der Waals surface area contributed by atoms with E-state index in [0.717, 1.165) is 6.07 Å². The number of aromatic amines is 1. The zero-order valence-electron chi connectivity index (χ0n) is 17.9. The van der Waals surface area contributed by atoms with Gasteiger partial charge in [0.1, 0.15) is 5.65 Å². The second kappa shape index (κ2) is 9.23. The van der Waals surface area contributed by atoms with Crippen LogP contribution in [0.2, 0.25) is 5.02 Å². The smallest absolute Gasteiger partial charge is 0.267 e. The van der Waals surface area contributed by atoms with E-state index in [-0.39, 0.29) is 38.3 Å². The first kappa shape index (κ1) is 23.4. The highest BCUT2D eigenvalue weighted by atomic mass is 35.5. The van der Waals surface area contributed by atoms with Gasteiger partial charge in [0, 0.05) is 29.9 Å². The van der Waals surface area contributed by atoms with Crippen LogP contribution in [-0.2, 0) is 10.0 Å². The average Bonchev–Trinajstić information content (AvgIpc) is 2.80. The molecule has 3 heterocycles. The lowest BCUT2D eigenvalue weighted by Gasteiger charge is -2.13. The van der Waals surface area contributed by atoms with Gasteiger partial charge in [0.25, 0.3) is 15.6 Å². The fraction of sp³-hybridized carbons (Fsp3) is 0.143. The second-order valence-corrected chi connectivity index (χ2v) is 9.06. The molecule has 13 heteroatoms. The Bertz CT molecular complexity index is 1560. The van der Waals surface area contributed by atoms with Crippen molar-refractivity contribution < 1.29 is 17.5 Å². The van der Waals surface area contributed by atoms with Gasteiger partial charge < -0.3 is 15.0 Å². The van der Waals surface area contributed by atoms with Crippen LogP contribution >= 0.6 is 11.6 Å². The third-order valence-corrected chi connectivity index (χ3v) is 6.30. The molecule has 4 aromatic rings. The largest absolute Gasteiger partial charge is 0.480 e. The van der Waals surface area contributed by atoms with Crippen LogP contribution in [0.1, 0.15) is 6.92 Å². The van der Waals surface area contributed by atoms with E-state index in [4.69, 9.17) is 16.3 Å². The van der Waals surface area contributed by atoms with Gasteiger partial charge in [-0.3, -0.25) is 9.52 Å². The minimum absolute atomic E-state index is 0.0205. The highest BCUT2D eigenvalue weighted by Gasteiger charge is 2.24. The summed E-state index contributed by atoms with van der Waals surface area (Å²) in [5.74, 6) is -0.821. The van der Waals surface area contributed by atoms with Crippen LogP contribution in [0.3, 0.4) is 0 Å². The van der Waals surface area contributed by atoms with Crippen LogP contribution in [-0.4, -0.2) is 42.0 Å². The summed E-state index contributed by atoms with van der Waals surface area (Å²) in [6.07, 6.45) is 2.71. The quantitative estimate of drug-likeness (QED) is 0.348. The van der Waals surface area contributed by atoms with Crippen molar-refractivity contribution in [2.24, 2.45) is 0 Å². The molecule has 0 spiro atoms. The van der Waals surface area contributed by atoms with Gasteiger partial charge in [-0.25, -0.2) is 22.8 Å². The Balaban J connectivity index is 1.76. The summed E-state index contributed by atoms with van der Waals surface area (Å²) in [6, 6.07) is 6.57. The van der Waals surface area contributed by atoms with E-state index in [1.807, 2.05) is 6.92 Å². The predicted octanol–water partition coefficient (Wildman–Crippen LogP) is 3.41. The summed E-state index contributed by atoms with van der Waals surface area (Å²) in [5.41, 5.74) is -0.841. The summed E-state index contributed by atoms with van der Waals surface area (Å²) in [6.45, 7) is 2.47. The molecule has 3 N–H and O–H groups in total. The SMILES string of the molecule is CCNc1ncc2cc(-c3cccc(NS(=O)(=O)c4cc(Cl)cnc4OC)c3F)c(=O)[nH]c2n1. The van der Waals surface area contributed by atoms with Crippen molar-refractivity contribution in [1.29, 1.82) is 0 Å². The molecule has 3 aromatic heterocycles. The minimum atomic E-state index is -4.33. The van der Waals surface area contributed by atoms with Crippen molar-refractivity contribution in [3.8, 4) is 17.0 Å². The average molecular weight is 505 g/mol. The number of anilines is 2. The molecule has 34 heavy (non-hydrogen) atoms. The van der Waals surface area contributed by atoms with Crippen molar-refractivity contribution >= 4 is 44.3 Å². The van der Waals surface area contributed by atoms with E-state index in [0.29, 0.717) is 17.9 Å². The van der Waals surface area contributed by atoms with E-state index in [1.54, 1.807) is 0 Å². The Morgan fingerprint density at radius 2 is 1.97 bits per heavy atom. The number of sulfonamides is 1. The molecule has 10 nitrogen and oxygen atoms in total. The van der Waals surface area contributed by atoms with E-state index >= 15 is 4.39 Å². The summed E-state index contributed by atoms with van der Waals surface area (Å²) in [7, 11) is -3.09. The van der Waals surface area contributed by atoms with Crippen molar-refractivity contribution in [3.05, 3.63) is 63.9 Å². The highest BCUT2D eigenvalue weighted by molar-refractivity contribution is 7.92. The normalized spacial score (nSPS) is 11.4. The first-order valence-electron chi connectivity index (χ1n) is 9.88. The fourth-order valence-electron chi connectivity index (χ4n) is 3.21. The van der Waals surface area contributed by atoms with Crippen LogP contribution in [0, 0.1) is 5.82 Å². The summed E-state index contributed by atoms with van der Waals surface area (Å²) in [4.78, 5) is 27.1. The molecule has 176 valence electrons. The molecule has 0 aliphatic carbocycles. The number of halogens is 2. The molecule has 0 atom stereocenters. The van der Waals surface area contributed by atoms with Gasteiger partial charge >= 0.3 is 0 Å². The number of aromatic nitrogens is 4. The molecule has 0 aliphatic heterocycles. The number of benzene rings is 1.